The number of nitro groups is 1. The van der Waals surface area contributed by atoms with E-state index >= 15 is 0 Å². The Morgan fingerprint density at radius 1 is 1.70 bits per heavy atom. The van der Waals surface area contributed by atoms with Crippen LogP contribution in [-0.2, 0) is 4.79 Å². The van der Waals surface area contributed by atoms with Gasteiger partial charge >= 0.3 is 11.7 Å². The van der Waals surface area contributed by atoms with Gasteiger partial charge in [-0.2, -0.15) is 5.26 Å². The molecule has 0 aromatic carbocycles. The zero-order valence-corrected chi connectivity index (χ0v) is 10.7. The summed E-state index contributed by atoms with van der Waals surface area (Å²) in [6.07, 6.45) is 1.34. The van der Waals surface area contributed by atoms with E-state index in [1.54, 1.807) is 17.9 Å². The smallest absolute Gasteiger partial charge is 0.329 e. The number of pyridine rings is 1. The molecule has 0 spiro atoms. The first-order valence-corrected chi connectivity index (χ1v) is 5.97. The number of carbonyl (C=O) groups is 1. The monoisotopic (exact) mass is 276 g/mol. The maximum absolute atomic E-state index is 11.1. The molecule has 0 amide bonds. The Hall–Kier alpha value is -2.69. The maximum Gasteiger partial charge on any atom is 0.329 e. The summed E-state index contributed by atoms with van der Waals surface area (Å²) < 4.78 is 0. The zero-order valence-electron chi connectivity index (χ0n) is 10.7. The minimum absolute atomic E-state index is 0.0465. The van der Waals surface area contributed by atoms with Gasteiger partial charge in [0.15, 0.2) is 0 Å². The van der Waals surface area contributed by atoms with Gasteiger partial charge < -0.3 is 10.0 Å². The van der Waals surface area contributed by atoms with Gasteiger partial charge in [-0.15, -0.1) is 0 Å². The summed E-state index contributed by atoms with van der Waals surface area (Å²) in [6.45, 7) is 2.38. The predicted octanol–water partition coefficient (Wildman–Crippen LogP) is 1.02. The Labute approximate surface area is 114 Å². The number of nitrogens with zero attached hydrogens (tertiary/aromatic N) is 4. The summed E-state index contributed by atoms with van der Waals surface area (Å²) in [5, 5.41) is 28.9. The molecule has 1 N–H and O–H groups in total. The van der Waals surface area contributed by atoms with Gasteiger partial charge in [-0.25, -0.2) is 4.98 Å². The van der Waals surface area contributed by atoms with Crippen LogP contribution in [0.25, 0.3) is 0 Å². The number of anilines is 1. The normalized spacial score (nSPS) is 16.1. The fourth-order valence-electron chi connectivity index (χ4n) is 2.15. The van der Waals surface area contributed by atoms with E-state index in [2.05, 4.69) is 4.98 Å². The molecule has 1 atom stereocenters. The quantitative estimate of drug-likeness (QED) is 0.643. The third kappa shape index (κ3) is 2.25. The van der Waals surface area contributed by atoms with E-state index in [-0.39, 0.29) is 23.0 Å². The Balaban J connectivity index is 2.23. The number of aliphatic carboxylic acids is 1. The summed E-state index contributed by atoms with van der Waals surface area (Å²) >= 11 is 0. The van der Waals surface area contributed by atoms with E-state index in [0.29, 0.717) is 13.1 Å². The van der Waals surface area contributed by atoms with Crippen LogP contribution < -0.4 is 4.90 Å². The SMILES string of the molecule is CC(C(=O)O)C1CN(c2nccc(C#N)c2[N+](=O)[O-])C1. The minimum Gasteiger partial charge on any atom is -0.481 e. The van der Waals surface area contributed by atoms with Crippen molar-refractivity contribution in [2.75, 3.05) is 18.0 Å². The van der Waals surface area contributed by atoms with Crippen molar-refractivity contribution in [1.82, 2.24) is 4.98 Å². The van der Waals surface area contributed by atoms with E-state index in [0.717, 1.165) is 0 Å². The lowest BCUT2D eigenvalue weighted by Crippen LogP contribution is -2.51. The molecule has 8 nitrogen and oxygen atoms in total. The molecule has 104 valence electrons. The number of nitriles is 1. The molecule has 1 unspecified atom stereocenters. The largest absolute Gasteiger partial charge is 0.481 e. The van der Waals surface area contributed by atoms with Gasteiger partial charge in [-0.05, 0) is 6.07 Å². The van der Waals surface area contributed by atoms with Crippen LogP contribution in [0.4, 0.5) is 11.5 Å². The molecular weight excluding hydrogens is 264 g/mol. The van der Waals surface area contributed by atoms with Gasteiger partial charge in [0.05, 0.1) is 10.8 Å². The predicted molar refractivity (Wildman–Crippen MR) is 68.1 cm³/mol. The minimum atomic E-state index is -0.886. The first kappa shape index (κ1) is 13.7. The van der Waals surface area contributed by atoms with E-state index in [1.807, 2.05) is 0 Å². The molecule has 1 aliphatic rings. The summed E-state index contributed by atoms with van der Waals surface area (Å²) in [5.74, 6) is -1.34. The molecule has 0 bridgehead atoms. The number of carboxylic acids is 1. The number of carboxylic acid groups (broad SMARTS) is 1. The van der Waals surface area contributed by atoms with Crippen LogP contribution in [0.1, 0.15) is 12.5 Å². The average molecular weight is 276 g/mol. The molecule has 1 fully saturated rings. The maximum atomic E-state index is 11.1. The van der Waals surface area contributed by atoms with Crippen LogP contribution in [0.3, 0.4) is 0 Å². The van der Waals surface area contributed by atoms with Crippen molar-refractivity contribution in [3.05, 3.63) is 27.9 Å². The van der Waals surface area contributed by atoms with Crippen molar-refractivity contribution < 1.29 is 14.8 Å². The van der Waals surface area contributed by atoms with Crippen LogP contribution in [0, 0.1) is 33.3 Å². The van der Waals surface area contributed by atoms with Crippen LogP contribution in [0.5, 0.6) is 0 Å². The number of aromatic nitrogens is 1. The fourth-order valence-corrected chi connectivity index (χ4v) is 2.15. The molecule has 0 radical (unpaired) electrons. The van der Waals surface area contributed by atoms with Crippen molar-refractivity contribution >= 4 is 17.5 Å². The van der Waals surface area contributed by atoms with Gasteiger partial charge in [0.1, 0.15) is 11.6 Å². The van der Waals surface area contributed by atoms with Crippen molar-refractivity contribution in [1.29, 1.82) is 5.26 Å². The van der Waals surface area contributed by atoms with E-state index in [9.17, 15) is 14.9 Å². The van der Waals surface area contributed by atoms with Gasteiger partial charge in [-0.3, -0.25) is 14.9 Å². The summed E-state index contributed by atoms with van der Waals surface area (Å²) in [6, 6.07) is 3.06. The molecule has 20 heavy (non-hydrogen) atoms. The van der Waals surface area contributed by atoms with Crippen LogP contribution in [0.15, 0.2) is 12.3 Å². The Morgan fingerprint density at radius 2 is 2.35 bits per heavy atom. The third-order valence-electron chi connectivity index (χ3n) is 3.51. The molecular formula is C12H12N4O4. The first-order chi connectivity index (χ1) is 9.45. The third-order valence-corrected chi connectivity index (χ3v) is 3.51. The molecule has 1 aliphatic heterocycles. The molecule has 0 saturated carbocycles. The lowest BCUT2D eigenvalue weighted by molar-refractivity contribution is -0.384. The molecule has 2 heterocycles. The van der Waals surface area contributed by atoms with Crippen molar-refractivity contribution in [3.63, 3.8) is 0 Å². The van der Waals surface area contributed by atoms with Gasteiger partial charge in [0, 0.05) is 25.2 Å². The Bertz CT molecular complexity index is 604. The highest BCUT2D eigenvalue weighted by atomic mass is 16.6. The van der Waals surface area contributed by atoms with Gasteiger partial charge in [0.25, 0.3) is 0 Å². The standard InChI is InChI=1S/C12H12N4O4/c1-7(12(17)18)9-5-15(6-9)11-10(16(19)20)8(4-13)2-3-14-11/h2-3,7,9H,5-6H2,1H3,(H,17,18). The van der Waals surface area contributed by atoms with Gasteiger partial charge in [-0.1, -0.05) is 6.92 Å². The molecule has 0 aliphatic carbocycles. The molecule has 1 aromatic rings. The number of rotatable bonds is 4. The summed E-state index contributed by atoms with van der Waals surface area (Å²) in [7, 11) is 0. The average Bonchev–Trinajstić information content (AvgIpc) is 2.35. The number of hydrogen-bond donors (Lipinski definition) is 1. The Kier molecular flexibility index (Phi) is 3.52. The van der Waals surface area contributed by atoms with Crippen molar-refractivity contribution in [2.24, 2.45) is 11.8 Å². The van der Waals surface area contributed by atoms with E-state index < -0.39 is 16.8 Å². The Morgan fingerprint density at radius 3 is 2.85 bits per heavy atom. The van der Waals surface area contributed by atoms with E-state index in [1.165, 1.54) is 12.3 Å². The highest BCUT2D eigenvalue weighted by molar-refractivity contribution is 5.71. The second-order valence-electron chi connectivity index (χ2n) is 4.69. The van der Waals surface area contributed by atoms with Crippen LogP contribution in [-0.4, -0.2) is 34.1 Å². The van der Waals surface area contributed by atoms with Gasteiger partial charge in [0.2, 0.25) is 5.82 Å². The summed E-state index contributed by atoms with van der Waals surface area (Å²) in [4.78, 5) is 26.9. The van der Waals surface area contributed by atoms with E-state index in [4.69, 9.17) is 10.4 Å². The zero-order chi connectivity index (χ0) is 14.9. The van der Waals surface area contributed by atoms with Crippen molar-refractivity contribution in [2.45, 2.75) is 6.92 Å². The topological polar surface area (TPSA) is 120 Å². The molecule has 2 rings (SSSR count). The molecule has 8 heteroatoms. The number of hydrogen-bond acceptors (Lipinski definition) is 6. The second kappa shape index (κ2) is 5.13. The fraction of sp³-hybridized carbons (Fsp3) is 0.417. The first-order valence-electron chi connectivity index (χ1n) is 5.97. The van der Waals surface area contributed by atoms with Crippen molar-refractivity contribution in [3.8, 4) is 6.07 Å². The molecule has 1 saturated heterocycles. The van der Waals surface area contributed by atoms with Crippen LogP contribution >= 0.6 is 0 Å². The van der Waals surface area contributed by atoms with Crippen LogP contribution in [0.2, 0.25) is 0 Å². The molecule has 1 aromatic heterocycles. The second-order valence-corrected chi connectivity index (χ2v) is 4.69. The lowest BCUT2D eigenvalue weighted by atomic mass is 9.87. The lowest BCUT2D eigenvalue weighted by Gasteiger charge is -2.41. The highest BCUT2D eigenvalue weighted by Crippen LogP contribution is 2.35. The highest BCUT2D eigenvalue weighted by Gasteiger charge is 2.38. The summed E-state index contributed by atoms with van der Waals surface area (Å²) in [5.41, 5.74) is -0.369.